The monoisotopic (exact) mass is 235 g/mol. The van der Waals surface area contributed by atoms with Crippen molar-refractivity contribution < 1.29 is 0 Å². The van der Waals surface area contributed by atoms with Crippen LogP contribution in [0.5, 0.6) is 0 Å². The van der Waals surface area contributed by atoms with Gasteiger partial charge in [-0.1, -0.05) is 13.8 Å². The van der Waals surface area contributed by atoms with Crippen molar-refractivity contribution in [2.75, 3.05) is 38.0 Å². The zero-order chi connectivity index (χ0) is 13.0. The normalized spacial score (nSPS) is 13.8. The highest BCUT2D eigenvalue weighted by Gasteiger charge is 2.26. The van der Waals surface area contributed by atoms with Crippen molar-refractivity contribution in [3.05, 3.63) is 18.0 Å². The van der Waals surface area contributed by atoms with Crippen LogP contribution < -0.4 is 9.80 Å². The summed E-state index contributed by atoms with van der Waals surface area (Å²) in [6, 6.07) is 2.23. The van der Waals surface area contributed by atoms with E-state index in [2.05, 4.69) is 49.0 Å². The average Bonchev–Trinajstić information content (AvgIpc) is 3.14. The molecule has 0 bridgehead atoms. The van der Waals surface area contributed by atoms with Crippen LogP contribution in [0.15, 0.2) is 12.3 Å². The average molecular weight is 235 g/mol. The minimum atomic E-state index is 0.722. The number of anilines is 2. The first-order valence-electron chi connectivity index (χ1n) is 6.44. The second-order valence-corrected chi connectivity index (χ2v) is 4.66. The van der Waals surface area contributed by atoms with Gasteiger partial charge in [-0.3, -0.25) is 4.98 Å². The number of nitrogens with zero attached hydrogens (tertiary/aromatic N) is 3. The zero-order valence-corrected chi connectivity index (χ0v) is 12.0. The minimum absolute atomic E-state index is 0.722. The largest absolute Gasteiger partial charge is 0.376 e. The molecule has 2 rings (SSSR count). The highest BCUT2D eigenvalue weighted by Crippen LogP contribution is 2.41. The van der Waals surface area contributed by atoms with Gasteiger partial charge in [0.15, 0.2) is 0 Å². The van der Waals surface area contributed by atoms with Gasteiger partial charge in [0.1, 0.15) is 0 Å². The van der Waals surface area contributed by atoms with E-state index in [1.807, 2.05) is 20.0 Å². The van der Waals surface area contributed by atoms with Crippen molar-refractivity contribution in [1.29, 1.82) is 0 Å². The topological polar surface area (TPSA) is 19.4 Å². The van der Waals surface area contributed by atoms with Crippen molar-refractivity contribution >= 4 is 11.4 Å². The summed E-state index contributed by atoms with van der Waals surface area (Å²) in [7, 11) is 8.28. The molecule has 1 aliphatic carbocycles. The molecule has 3 nitrogen and oxygen atoms in total. The van der Waals surface area contributed by atoms with E-state index in [4.69, 9.17) is 0 Å². The summed E-state index contributed by atoms with van der Waals surface area (Å²) in [4.78, 5) is 8.80. The van der Waals surface area contributed by atoms with Gasteiger partial charge in [0.2, 0.25) is 0 Å². The quantitative estimate of drug-likeness (QED) is 0.802. The lowest BCUT2D eigenvalue weighted by molar-refractivity contribution is 0.988. The number of hydrogen-bond acceptors (Lipinski definition) is 3. The van der Waals surface area contributed by atoms with Crippen molar-refractivity contribution in [2.24, 2.45) is 0 Å². The van der Waals surface area contributed by atoms with E-state index in [9.17, 15) is 0 Å². The zero-order valence-electron chi connectivity index (χ0n) is 12.0. The Bertz CT molecular complexity index is 354. The van der Waals surface area contributed by atoms with Crippen LogP contribution in [0.2, 0.25) is 0 Å². The first kappa shape index (κ1) is 13.8. The lowest BCUT2D eigenvalue weighted by Crippen LogP contribution is -2.17. The molecule has 96 valence electrons. The van der Waals surface area contributed by atoms with Gasteiger partial charge >= 0.3 is 0 Å². The van der Waals surface area contributed by atoms with Gasteiger partial charge in [-0.2, -0.15) is 0 Å². The number of rotatable bonds is 3. The van der Waals surface area contributed by atoms with Crippen LogP contribution in [0.3, 0.4) is 0 Å². The van der Waals surface area contributed by atoms with Crippen molar-refractivity contribution in [3.8, 4) is 0 Å². The summed E-state index contributed by atoms with van der Waals surface area (Å²) in [5.74, 6) is 0.722. The molecule has 1 fully saturated rings. The Morgan fingerprint density at radius 2 is 1.53 bits per heavy atom. The van der Waals surface area contributed by atoms with Crippen molar-refractivity contribution in [2.45, 2.75) is 32.6 Å². The molecule has 17 heavy (non-hydrogen) atoms. The van der Waals surface area contributed by atoms with E-state index in [1.165, 1.54) is 29.9 Å². The smallest absolute Gasteiger partial charge is 0.0785 e. The van der Waals surface area contributed by atoms with Gasteiger partial charge < -0.3 is 9.80 Å². The molecule has 0 saturated heterocycles. The van der Waals surface area contributed by atoms with Gasteiger partial charge in [0.25, 0.3) is 0 Å². The van der Waals surface area contributed by atoms with Gasteiger partial charge in [-0.15, -0.1) is 0 Å². The predicted molar refractivity (Wildman–Crippen MR) is 76.2 cm³/mol. The Morgan fingerprint density at radius 3 is 1.94 bits per heavy atom. The Balaban J connectivity index is 0.000000686. The number of aromatic nitrogens is 1. The van der Waals surface area contributed by atoms with Gasteiger partial charge in [-0.05, 0) is 18.9 Å². The molecule has 1 aromatic rings. The predicted octanol–water partition coefficient (Wildman–Crippen LogP) is 3.12. The van der Waals surface area contributed by atoms with Crippen molar-refractivity contribution in [1.82, 2.24) is 4.98 Å². The Labute approximate surface area is 105 Å². The molecule has 0 unspecified atom stereocenters. The third kappa shape index (κ3) is 3.35. The molecule has 1 heterocycles. The molecule has 0 N–H and O–H groups in total. The van der Waals surface area contributed by atoms with Crippen molar-refractivity contribution in [3.63, 3.8) is 0 Å². The van der Waals surface area contributed by atoms with E-state index in [-0.39, 0.29) is 0 Å². The summed E-state index contributed by atoms with van der Waals surface area (Å²) >= 11 is 0. The van der Waals surface area contributed by atoms with Crippen LogP contribution in [-0.2, 0) is 0 Å². The minimum Gasteiger partial charge on any atom is -0.376 e. The fourth-order valence-corrected chi connectivity index (χ4v) is 1.76. The summed E-state index contributed by atoms with van der Waals surface area (Å²) in [6.45, 7) is 4.00. The molecule has 3 heteroatoms. The summed E-state index contributed by atoms with van der Waals surface area (Å²) in [5, 5.41) is 0. The van der Waals surface area contributed by atoms with E-state index in [0.717, 1.165) is 5.92 Å². The molecule has 0 radical (unpaired) electrons. The molecule has 0 aromatic carbocycles. The maximum absolute atomic E-state index is 4.54. The Kier molecular flexibility index (Phi) is 4.79. The lowest BCUT2D eigenvalue weighted by Gasteiger charge is -2.22. The summed E-state index contributed by atoms with van der Waals surface area (Å²) in [5.41, 5.74) is 3.70. The molecule has 0 aliphatic heterocycles. The number of hydrogen-bond donors (Lipinski definition) is 0. The molecule has 0 spiro atoms. The number of pyridine rings is 1. The third-order valence-electron chi connectivity index (χ3n) is 2.84. The molecule has 1 aliphatic rings. The van der Waals surface area contributed by atoms with Crippen LogP contribution in [0, 0.1) is 0 Å². The first-order valence-corrected chi connectivity index (χ1v) is 6.44. The lowest BCUT2D eigenvalue weighted by atomic mass is 10.2. The van der Waals surface area contributed by atoms with E-state index in [0.29, 0.717) is 0 Å². The Hall–Kier alpha value is -1.25. The molecule has 0 atom stereocenters. The SMILES string of the molecule is CC.CN(C)c1cnc(C2CC2)cc1N(C)C. The molecule has 0 amide bonds. The second-order valence-electron chi connectivity index (χ2n) is 4.66. The van der Waals surface area contributed by atoms with Crippen LogP contribution in [0.25, 0.3) is 0 Å². The second kappa shape index (κ2) is 5.89. The maximum atomic E-state index is 4.54. The van der Waals surface area contributed by atoms with E-state index < -0.39 is 0 Å². The first-order chi connectivity index (χ1) is 8.09. The highest BCUT2D eigenvalue weighted by molar-refractivity contribution is 5.70. The van der Waals surface area contributed by atoms with Crippen LogP contribution in [-0.4, -0.2) is 33.2 Å². The maximum Gasteiger partial charge on any atom is 0.0785 e. The van der Waals surface area contributed by atoms with Gasteiger partial charge in [0, 0.05) is 39.8 Å². The van der Waals surface area contributed by atoms with Gasteiger partial charge in [0.05, 0.1) is 17.6 Å². The third-order valence-corrected chi connectivity index (χ3v) is 2.84. The molecular weight excluding hydrogens is 210 g/mol. The Morgan fingerprint density at radius 1 is 1.00 bits per heavy atom. The van der Waals surface area contributed by atoms with Crippen LogP contribution in [0.4, 0.5) is 11.4 Å². The summed E-state index contributed by atoms with van der Waals surface area (Å²) < 4.78 is 0. The standard InChI is InChI=1S/C12H19N3.C2H6/c1-14(2)11-7-10(9-5-6-9)13-8-12(11)15(3)4;1-2/h7-9H,5-6H2,1-4H3;1-2H3. The fourth-order valence-electron chi connectivity index (χ4n) is 1.76. The molecule has 1 saturated carbocycles. The van der Waals surface area contributed by atoms with Crippen LogP contribution in [0.1, 0.15) is 38.3 Å². The highest BCUT2D eigenvalue weighted by atomic mass is 15.1. The summed E-state index contributed by atoms with van der Waals surface area (Å²) in [6.07, 6.45) is 4.60. The van der Waals surface area contributed by atoms with Crippen LogP contribution >= 0.6 is 0 Å². The van der Waals surface area contributed by atoms with E-state index >= 15 is 0 Å². The fraction of sp³-hybridized carbons (Fsp3) is 0.643. The molecule has 1 aromatic heterocycles. The van der Waals surface area contributed by atoms with E-state index in [1.54, 1.807) is 0 Å². The van der Waals surface area contributed by atoms with Gasteiger partial charge in [-0.25, -0.2) is 0 Å². The molecular formula is C14H25N3.